The predicted molar refractivity (Wildman–Crippen MR) is 59.9 cm³/mol. The van der Waals surface area contributed by atoms with Crippen LogP contribution in [0, 0.1) is 11.3 Å². The van der Waals surface area contributed by atoms with Crippen LogP contribution in [0.4, 0.5) is 0 Å². The Morgan fingerprint density at radius 1 is 1.38 bits per heavy atom. The number of ether oxygens (including phenoxy) is 1. The van der Waals surface area contributed by atoms with Crippen molar-refractivity contribution in [1.82, 2.24) is 0 Å². The second-order valence-corrected chi connectivity index (χ2v) is 6.46. The van der Waals surface area contributed by atoms with Gasteiger partial charge in [0.2, 0.25) is 0 Å². The van der Waals surface area contributed by atoms with Gasteiger partial charge in [-0.2, -0.15) is 0 Å². The Kier molecular flexibility index (Phi) is 2.59. The van der Waals surface area contributed by atoms with Crippen molar-refractivity contribution in [3.8, 4) is 0 Å². The first-order chi connectivity index (χ1) is 7.28. The van der Waals surface area contributed by atoms with Crippen molar-refractivity contribution in [2.45, 2.75) is 58.5 Å². The van der Waals surface area contributed by atoms with Crippen molar-refractivity contribution < 1.29 is 14.3 Å². The molecule has 0 radical (unpaired) electrons. The minimum atomic E-state index is -0.384. The molecule has 3 nitrogen and oxygen atoms in total. The largest absolute Gasteiger partial charge is 0.460 e. The van der Waals surface area contributed by atoms with Gasteiger partial charge in [-0.15, -0.1) is 0 Å². The Morgan fingerprint density at radius 2 is 1.94 bits per heavy atom. The lowest BCUT2D eigenvalue weighted by molar-refractivity contribution is -0.160. The zero-order valence-corrected chi connectivity index (χ0v) is 10.3. The fourth-order valence-electron chi connectivity index (χ4n) is 3.00. The minimum Gasteiger partial charge on any atom is -0.460 e. The first-order valence-corrected chi connectivity index (χ1v) is 6.02. The summed E-state index contributed by atoms with van der Waals surface area (Å²) >= 11 is 0. The normalized spacial score (nSPS) is 23.8. The van der Waals surface area contributed by atoms with Crippen LogP contribution in [-0.2, 0) is 14.3 Å². The number of hydrogen-bond donors (Lipinski definition) is 0. The van der Waals surface area contributed by atoms with E-state index in [1.807, 2.05) is 20.8 Å². The molecule has 2 aliphatic rings. The maximum atomic E-state index is 11.6. The third-order valence-corrected chi connectivity index (χ3v) is 3.46. The van der Waals surface area contributed by atoms with E-state index < -0.39 is 0 Å². The van der Waals surface area contributed by atoms with Crippen molar-refractivity contribution in [3.05, 3.63) is 0 Å². The van der Waals surface area contributed by atoms with Gasteiger partial charge in [-0.25, -0.2) is 0 Å². The smallest absolute Gasteiger partial charge is 0.306 e. The molecular formula is C13H20O3. The van der Waals surface area contributed by atoms with E-state index in [4.69, 9.17) is 4.74 Å². The van der Waals surface area contributed by atoms with E-state index in [1.54, 1.807) is 0 Å². The van der Waals surface area contributed by atoms with Crippen molar-refractivity contribution in [1.29, 1.82) is 0 Å². The Morgan fingerprint density at radius 3 is 2.38 bits per heavy atom. The first kappa shape index (κ1) is 11.6. The minimum absolute atomic E-state index is 0.0991. The number of esters is 1. The highest BCUT2D eigenvalue weighted by Gasteiger charge is 2.52. The molecule has 3 heteroatoms. The molecule has 0 aromatic carbocycles. The highest BCUT2D eigenvalue weighted by molar-refractivity contribution is 5.86. The summed E-state index contributed by atoms with van der Waals surface area (Å²) in [5.41, 5.74) is -0.0886. The lowest BCUT2D eigenvalue weighted by Gasteiger charge is -2.52. The van der Waals surface area contributed by atoms with Gasteiger partial charge in [0.15, 0.2) is 0 Å². The van der Waals surface area contributed by atoms with Gasteiger partial charge in [0.1, 0.15) is 11.4 Å². The quantitative estimate of drug-likeness (QED) is 0.677. The average Bonchev–Trinajstić information content (AvgIpc) is 1.93. The van der Waals surface area contributed by atoms with Crippen LogP contribution in [-0.4, -0.2) is 17.4 Å². The maximum Gasteiger partial charge on any atom is 0.306 e. The lowest BCUT2D eigenvalue weighted by atomic mass is 9.51. The van der Waals surface area contributed by atoms with E-state index in [2.05, 4.69) is 0 Å². The summed E-state index contributed by atoms with van der Waals surface area (Å²) in [6.45, 7) is 5.66. The highest BCUT2D eigenvalue weighted by Crippen LogP contribution is 2.57. The molecule has 16 heavy (non-hydrogen) atoms. The zero-order valence-electron chi connectivity index (χ0n) is 10.3. The first-order valence-electron chi connectivity index (χ1n) is 6.02. The molecule has 2 fully saturated rings. The summed E-state index contributed by atoms with van der Waals surface area (Å²) in [4.78, 5) is 22.5. The van der Waals surface area contributed by atoms with Gasteiger partial charge in [0.05, 0.1) is 0 Å². The fourth-order valence-corrected chi connectivity index (χ4v) is 3.00. The van der Waals surface area contributed by atoms with Gasteiger partial charge in [-0.3, -0.25) is 9.59 Å². The van der Waals surface area contributed by atoms with Gasteiger partial charge in [0.25, 0.3) is 0 Å². The molecule has 0 atom stereocenters. The summed E-state index contributed by atoms with van der Waals surface area (Å²) in [6.07, 6.45) is 4.10. The molecule has 0 aliphatic heterocycles. The van der Waals surface area contributed by atoms with Crippen LogP contribution < -0.4 is 0 Å². The van der Waals surface area contributed by atoms with Crippen LogP contribution in [0.15, 0.2) is 0 Å². The monoisotopic (exact) mass is 224 g/mol. The topological polar surface area (TPSA) is 43.4 Å². The van der Waals surface area contributed by atoms with Crippen molar-refractivity contribution in [2.24, 2.45) is 11.3 Å². The molecular weight excluding hydrogens is 204 g/mol. The molecule has 90 valence electrons. The van der Waals surface area contributed by atoms with Crippen molar-refractivity contribution >= 4 is 11.8 Å². The molecule has 0 aromatic heterocycles. The van der Waals surface area contributed by atoms with Crippen LogP contribution in [0.2, 0.25) is 0 Å². The Hall–Kier alpha value is -0.860. The third-order valence-electron chi connectivity index (χ3n) is 3.46. The second kappa shape index (κ2) is 3.57. The summed E-state index contributed by atoms with van der Waals surface area (Å²) in [5, 5.41) is 0. The molecule has 0 amide bonds. The van der Waals surface area contributed by atoms with Gasteiger partial charge >= 0.3 is 5.97 Å². The molecule has 0 bridgehead atoms. The molecule has 0 N–H and O–H groups in total. The standard InChI is InChI=1S/C13H20O3/c1-12(2,3)16-11(15)4-9-5-13(6-9)7-10(14)8-13/h9H,4-8H2,1-3H3. The number of carbonyl (C=O) groups is 2. The SMILES string of the molecule is CC(C)(C)OC(=O)CC1CC2(CC(=O)C2)C1. The summed E-state index contributed by atoms with van der Waals surface area (Å²) in [5.74, 6) is 0.733. The average molecular weight is 224 g/mol. The zero-order chi connectivity index (χ0) is 12.0. The predicted octanol–water partition coefficient (Wildman–Crippen LogP) is 2.48. The van der Waals surface area contributed by atoms with Crippen LogP contribution >= 0.6 is 0 Å². The molecule has 0 saturated heterocycles. The third kappa shape index (κ3) is 2.45. The van der Waals surface area contributed by atoms with Crippen LogP contribution in [0.25, 0.3) is 0 Å². The number of ketones is 1. The van der Waals surface area contributed by atoms with E-state index in [0.29, 0.717) is 23.5 Å². The Labute approximate surface area is 96.5 Å². The maximum absolute atomic E-state index is 11.6. The van der Waals surface area contributed by atoms with Gasteiger partial charge < -0.3 is 4.74 Å². The van der Waals surface area contributed by atoms with E-state index >= 15 is 0 Å². The molecule has 1 spiro atoms. The highest BCUT2D eigenvalue weighted by atomic mass is 16.6. The number of rotatable bonds is 2. The molecule has 2 saturated carbocycles. The molecule has 0 unspecified atom stereocenters. The number of hydrogen-bond acceptors (Lipinski definition) is 3. The van der Waals surface area contributed by atoms with E-state index in [1.165, 1.54) is 0 Å². The van der Waals surface area contributed by atoms with Crippen LogP contribution in [0.1, 0.15) is 52.9 Å². The molecule has 0 aromatic rings. The van der Waals surface area contributed by atoms with Crippen molar-refractivity contribution in [2.75, 3.05) is 0 Å². The van der Waals surface area contributed by atoms with E-state index in [-0.39, 0.29) is 11.6 Å². The molecule has 2 aliphatic carbocycles. The fraction of sp³-hybridized carbons (Fsp3) is 0.846. The molecule has 0 heterocycles. The lowest BCUT2D eigenvalue weighted by Crippen LogP contribution is -2.48. The van der Waals surface area contributed by atoms with Gasteiger partial charge in [-0.05, 0) is 44.9 Å². The van der Waals surface area contributed by atoms with Gasteiger partial charge in [0, 0.05) is 19.3 Å². The number of Topliss-reactive ketones (excluding diaryl/α,β-unsaturated/α-hetero) is 1. The van der Waals surface area contributed by atoms with E-state index in [9.17, 15) is 9.59 Å². The van der Waals surface area contributed by atoms with E-state index in [0.717, 1.165) is 25.7 Å². The van der Waals surface area contributed by atoms with Gasteiger partial charge in [-0.1, -0.05) is 0 Å². The molecule has 2 rings (SSSR count). The Balaban J connectivity index is 1.70. The number of carbonyl (C=O) groups excluding carboxylic acids is 2. The van der Waals surface area contributed by atoms with Crippen LogP contribution in [0.5, 0.6) is 0 Å². The summed E-state index contributed by atoms with van der Waals surface area (Å²) < 4.78 is 5.28. The van der Waals surface area contributed by atoms with Crippen molar-refractivity contribution in [3.63, 3.8) is 0 Å². The Bertz CT molecular complexity index is 309. The summed E-state index contributed by atoms with van der Waals surface area (Å²) in [6, 6.07) is 0. The second-order valence-electron chi connectivity index (χ2n) is 6.46. The summed E-state index contributed by atoms with van der Waals surface area (Å²) in [7, 11) is 0. The van der Waals surface area contributed by atoms with Crippen LogP contribution in [0.3, 0.4) is 0 Å².